The Hall–Kier alpha value is -1.96. The second-order valence-corrected chi connectivity index (χ2v) is 3.94. The molecule has 0 aliphatic rings. The fourth-order valence-corrected chi connectivity index (χ4v) is 1.81. The molecule has 0 radical (unpaired) electrons. The maximum atomic E-state index is 11.7. The summed E-state index contributed by atoms with van der Waals surface area (Å²) in [5.41, 5.74) is 1.98. The Morgan fingerprint density at radius 2 is 2.12 bits per heavy atom. The number of benzene rings is 1. The van der Waals surface area contributed by atoms with Gasteiger partial charge in [0.15, 0.2) is 5.78 Å². The molecule has 2 aromatic rings. The lowest BCUT2D eigenvalue weighted by molar-refractivity contribution is -0.114. The van der Waals surface area contributed by atoms with Gasteiger partial charge in [-0.3, -0.25) is 9.78 Å². The monoisotopic (exact) mass is 225 g/mol. The predicted octanol–water partition coefficient (Wildman–Crippen LogP) is 3.31. The highest BCUT2D eigenvalue weighted by Gasteiger charge is 2.04. The number of aromatic nitrogens is 1. The molecule has 86 valence electrons. The minimum Gasteiger partial charge on any atom is -0.294 e. The number of hydrogen-bond donors (Lipinski definition) is 0. The molecule has 0 saturated heterocycles. The van der Waals surface area contributed by atoms with Crippen LogP contribution in [0.2, 0.25) is 0 Å². The van der Waals surface area contributed by atoms with Crippen LogP contribution in [0.15, 0.2) is 48.7 Å². The van der Waals surface area contributed by atoms with Crippen LogP contribution in [0.25, 0.3) is 10.9 Å². The van der Waals surface area contributed by atoms with Gasteiger partial charge in [-0.1, -0.05) is 31.2 Å². The van der Waals surface area contributed by atoms with E-state index in [9.17, 15) is 4.79 Å². The zero-order valence-corrected chi connectivity index (χ0v) is 9.89. The Morgan fingerprint density at radius 3 is 2.94 bits per heavy atom. The van der Waals surface area contributed by atoms with Gasteiger partial charge in [-0.25, -0.2) is 0 Å². The highest BCUT2D eigenvalue weighted by Crippen LogP contribution is 2.16. The van der Waals surface area contributed by atoms with E-state index in [2.05, 4.69) is 4.98 Å². The summed E-state index contributed by atoms with van der Waals surface area (Å²) in [6.07, 6.45) is 6.65. The first-order valence-corrected chi connectivity index (χ1v) is 5.83. The summed E-state index contributed by atoms with van der Waals surface area (Å²) in [6.45, 7) is 2.02. The topological polar surface area (TPSA) is 30.0 Å². The van der Waals surface area contributed by atoms with Gasteiger partial charge in [-0.05, 0) is 30.2 Å². The fourth-order valence-electron chi connectivity index (χ4n) is 1.81. The lowest BCUT2D eigenvalue weighted by Crippen LogP contribution is -1.99. The summed E-state index contributed by atoms with van der Waals surface area (Å²) in [6, 6.07) is 9.82. The van der Waals surface area contributed by atoms with E-state index in [1.807, 2.05) is 43.3 Å². The van der Waals surface area contributed by atoms with Gasteiger partial charge >= 0.3 is 0 Å². The van der Waals surface area contributed by atoms with E-state index < -0.39 is 0 Å². The molecular formula is C15H15NO. The van der Waals surface area contributed by atoms with Crippen LogP contribution in [0.1, 0.15) is 18.9 Å². The Morgan fingerprint density at radius 1 is 1.29 bits per heavy atom. The first-order valence-electron chi connectivity index (χ1n) is 5.83. The molecule has 0 spiro atoms. The van der Waals surface area contributed by atoms with Crippen molar-refractivity contribution in [1.82, 2.24) is 4.98 Å². The van der Waals surface area contributed by atoms with E-state index in [0.29, 0.717) is 6.42 Å². The van der Waals surface area contributed by atoms with E-state index in [-0.39, 0.29) is 5.78 Å². The van der Waals surface area contributed by atoms with Gasteiger partial charge in [0.1, 0.15) is 0 Å². The Kier molecular flexibility index (Phi) is 3.66. The molecule has 0 saturated carbocycles. The van der Waals surface area contributed by atoms with Crippen molar-refractivity contribution in [1.29, 1.82) is 0 Å². The van der Waals surface area contributed by atoms with Crippen molar-refractivity contribution in [2.45, 2.75) is 19.8 Å². The maximum absolute atomic E-state index is 11.7. The number of carbonyl (C=O) groups excluding carboxylic acids is 1. The molecule has 2 nitrogen and oxygen atoms in total. The van der Waals surface area contributed by atoms with Crippen molar-refractivity contribution in [3.05, 3.63) is 54.2 Å². The van der Waals surface area contributed by atoms with Gasteiger partial charge < -0.3 is 0 Å². The molecule has 0 aliphatic carbocycles. The number of pyridine rings is 1. The maximum Gasteiger partial charge on any atom is 0.159 e. The summed E-state index contributed by atoms with van der Waals surface area (Å²) in [5.74, 6) is 0.142. The van der Waals surface area contributed by atoms with Gasteiger partial charge in [-0.15, -0.1) is 0 Å². The Bertz CT molecular complexity index is 552. The molecule has 0 bridgehead atoms. The Balaban J connectivity index is 2.30. The minimum absolute atomic E-state index is 0.142. The quantitative estimate of drug-likeness (QED) is 0.747. The first-order chi connectivity index (χ1) is 8.31. The van der Waals surface area contributed by atoms with E-state index in [1.165, 1.54) is 0 Å². The summed E-state index contributed by atoms with van der Waals surface area (Å²) in [4.78, 5) is 16.0. The number of hydrogen-bond acceptors (Lipinski definition) is 2. The van der Waals surface area contributed by atoms with Crippen LogP contribution < -0.4 is 0 Å². The zero-order valence-electron chi connectivity index (χ0n) is 9.89. The van der Waals surface area contributed by atoms with Gasteiger partial charge in [0.05, 0.1) is 5.52 Å². The average molecular weight is 225 g/mol. The largest absolute Gasteiger partial charge is 0.294 e. The summed E-state index contributed by atoms with van der Waals surface area (Å²) in [7, 11) is 0. The lowest BCUT2D eigenvalue weighted by Gasteiger charge is -2.03. The average Bonchev–Trinajstić information content (AvgIpc) is 2.37. The molecule has 0 fully saturated rings. The van der Waals surface area contributed by atoms with Crippen LogP contribution in [0, 0.1) is 0 Å². The van der Waals surface area contributed by atoms with Crippen LogP contribution in [0.3, 0.4) is 0 Å². The number of nitrogens with zero attached hydrogens (tertiary/aromatic N) is 1. The van der Waals surface area contributed by atoms with Crippen molar-refractivity contribution >= 4 is 16.7 Å². The van der Waals surface area contributed by atoms with Crippen molar-refractivity contribution in [3.8, 4) is 0 Å². The highest BCUT2D eigenvalue weighted by molar-refractivity contribution is 5.94. The molecule has 1 aromatic heterocycles. The number of fused-ring (bicyclic) bond motifs is 1. The normalized spacial score (nSPS) is 11.1. The third-order valence-corrected chi connectivity index (χ3v) is 2.64. The van der Waals surface area contributed by atoms with Gasteiger partial charge in [-0.2, -0.15) is 0 Å². The van der Waals surface area contributed by atoms with Crippen LogP contribution in [0.5, 0.6) is 0 Å². The summed E-state index contributed by atoms with van der Waals surface area (Å²) < 4.78 is 0. The Labute approximate surface area is 101 Å². The molecule has 0 unspecified atom stereocenters. The molecule has 1 heterocycles. The molecule has 2 rings (SSSR count). The van der Waals surface area contributed by atoms with Crippen LogP contribution in [-0.2, 0) is 11.2 Å². The number of ketones is 1. The smallest absolute Gasteiger partial charge is 0.159 e. The third kappa shape index (κ3) is 2.78. The second kappa shape index (κ2) is 5.39. The van der Waals surface area contributed by atoms with Crippen molar-refractivity contribution in [3.63, 3.8) is 0 Å². The molecule has 2 heteroatoms. The summed E-state index contributed by atoms with van der Waals surface area (Å²) in [5, 5.41) is 1.06. The van der Waals surface area contributed by atoms with Crippen molar-refractivity contribution < 1.29 is 4.79 Å². The van der Waals surface area contributed by atoms with E-state index in [0.717, 1.165) is 22.9 Å². The van der Waals surface area contributed by atoms with E-state index in [4.69, 9.17) is 0 Å². The first kappa shape index (κ1) is 11.5. The van der Waals surface area contributed by atoms with E-state index >= 15 is 0 Å². The van der Waals surface area contributed by atoms with Gasteiger partial charge in [0.2, 0.25) is 0 Å². The van der Waals surface area contributed by atoms with Crippen LogP contribution in [-0.4, -0.2) is 10.8 Å². The predicted molar refractivity (Wildman–Crippen MR) is 69.9 cm³/mol. The SMILES string of the molecule is CC/C=C/C(=O)Cc1ccnc2ccccc12. The second-order valence-electron chi connectivity index (χ2n) is 3.94. The molecular weight excluding hydrogens is 210 g/mol. The molecule has 0 aliphatic heterocycles. The molecule has 1 aromatic carbocycles. The standard InChI is InChI=1S/C15H15NO/c1-2-3-6-13(17)11-12-9-10-16-15-8-5-4-7-14(12)15/h3-10H,2,11H2,1H3/b6-3+. The van der Waals surface area contributed by atoms with Gasteiger partial charge in [0.25, 0.3) is 0 Å². The third-order valence-electron chi connectivity index (χ3n) is 2.64. The molecule has 0 amide bonds. The zero-order chi connectivity index (χ0) is 12.1. The molecule has 0 N–H and O–H groups in total. The number of para-hydroxylation sites is 1. The molecule has 0 atom stereocenters. The lowest BCUT2D eigenvalue weighted by atomic mass is 10.0. The van der Waals surface area contributed by atoms with Crippen LogP contribution >= 0.6 is 0 Å². The summed E-state index contributed by atoms with van der Waals surface area (Å²) >= 11 is 0. The van der Waals surface area contributed by atoms with Crippen molar-refractivity contribution in [2.24, 2.45) is 0 Å². The van der Waals surface area contributed by atoms with Crippen LogP contribution in [0.4, 0.5) is 0 Å². The molecule has 17 heavy (non-hydrogen) atoms. The minimum atomic E-state index is 0.142. The number of carbonyl (C=O) groups is 1. The number of rotatable bonds is 4. The fraction of sp³-hybridized carbons (Fsp3) is 0.200. The number of allylic oxidation sites excluding steroid dienone is 2. The van der Waals surface area contributed by atoms with Crippen molar-refractivity contribution in [2.75, 3.05) is 0 Å². The van der Waals surface area contributed by atoms with E-state index in [1.54, 1.807) is 12.3 Å². The highest BCUT2D eigenvalue weighted by atomic mass is 16.1. The van der Waals surface area contributed by atoms with Gasteiger partial charge in [0, 0.05) is 18.0 Å².